The maximum Gasteiger partial charge on any atom is 0.229 e. The van der Waals surface area contributed by atoms with Crippen LogP contribution in [0, 0.1) is 26.7 Å². The van der Waals surface area contributed by atoms with Gasteiger partial charge >= 0.3 is 0 Å². The number of hydrogen-bond acceptors (Lipinski definition) is 2. The largest absolute Gasteiger partial charge is 0.325 e. The van der Waals surface area contributed by atoms with E-state index in [2.05, 4.69) is 43.4 Å². The second-order valence-corrected chi connectivity index (χ2v) is 7.91. The Balaban J connectivity index is 1.72. The molecule has 4 heteroatoms. The summed E-state index contributed by atoms with van der Waals surface area (Å²) in [7, 11) is 0. The predicted molar refractivity (Wildman–Crippen MR) is 110 cm³/mol. The fraction of sp³-hybridized carbons (Fsp3) is 0.391. The number of hydrogen-bond donors (Lipinski definition) is 1. The summed E-state index contributed by atoms with van der Waals surface area (Å²) in [6.45, 7) is 10.8. The highest BCUT2D eigenvalue weighted by molar-refractivity contribution is 6.04. The molecule has 1 fully saturated rings. The van der Waals surface area contributed by atoms with Crippen molar-refractivity contribution in [3.8, 4) is 0 Å². The van der Waals surface area contributed by atoms with E-state index in [9.17, 15) is 9.59 Å². The van der Waals surface area contributed by atoms with E-state index in [4.69, 9.17) is 0 Å². The highest BCUT2D eigenvalue weighted by Crippen LogP contribution is 2.29. The Morgan fingerprint density at radius 2 is 1.67 bits per heavy atom. The first-order valence-corrected chi connectivity index (χ1v) is 9.55. The van der Waals surface area contributed by atoms with Crippen LogP contribution in [-0.4, -0.2) is 18.4 Å². The van der Waals surface area contributed by atoms with Crippen LogP contribution in [0.5, 0.6) is 0 Å². The molecule has 142 valence electrons. The summed E-state index contributed by atoms with van der Waals surface area (Å²) >= 11 is 0. The van der Waals surface area contributed by atoms with Crippen molar-refractivity contribution >= 4 is 23.2 Å². The standard InChI is InChI=1S/C23H28N2O2/c1-14(2)18-6-8-20(9-7-18)25-13-19(12-21(25)26)23(27)24-22-16(4)10-15(3)11-17(22)5/h6-11,14,19H,12-13H2,1-5H3,(H,24,27)/t19-/m0/s1. The predicted octanol–water partition coefficient (Wildman–Crippen LogP) is 4.73. The molecule has 2 aromatic rings. The van der Waals surface area contributed by atoms with Gasteiger partial charge in [0.2, 0.25) is 11.8 Å². The Morgan fingerprint density at radius 3 is 2.22 bits per heavy atom. The zero-order chi connectivity index (χ0) is 19.7. The van der Waals surface area contributed by atoms with Crippen LogP contribution in [0.25, 0.3) is 0 Å². The lowest BCUT2D eigenvalue weighted by atomic mass is 10.0. The molecule has 0 aliphatic carbocycles. The van der Waals surface area contributed by atoms with Crippen molar-refractivity contribution in [2.24, 2.45) is 5.92 Å². The molecule has 0 spiro atoms. The van der Waals surface area contributed by atoms with Crippen molar-refractivity contribution in [1.29, 1.82) is 0 Å². The van der Waals surface area contributed by atoms with Crippen LogP contribution in [-0.2, 0) is 9.59 Å². The van der Waals surface area contributed by atoms with Crippen molar-refractivity contribution in [3.63, 3.8) is 0 Å². The third-order valence-corrected chi connectivity index (χ3v) is 5.29. The fourth-order valence-electron chi connectivity index (χ4n) is 3.77. The zero-order valence-corrected chi connectivity index (χ0v) is 16.8. The summed E-state index contributed by atoms with van der Waals surface area (Å²) in [5.74, 6) is 0.0414. The van der Waals surface area contributed by atoms with Gasteiger partial charge in [-0.2, -0.15) is 0 Å². The van der Waals surface area contributed by atoms with Gasteiger partial charge < -0.3 is 10.2 Å². The van der Waals surface area contributed by atoms with E-state index in [1.54, 1.807) is 4.90 Å². The zero-order valence-electron chi connectivity index (χ0n) is 16.8. The summed E-state index contributed by atoms with van der Waals surface area (Å²) in [5, 5.41) is 3.05. The van der Waals surface area contributed by atoms with Crippen LogP contribution in [0.2, 0.25) is 0 Å². The lowest BCUT2D eigenvalue weighted by molar-refractivity contribution is -0.122. The van der Waals surface area contributed by atoms with Gasteiger partial charge in [-0.3, -0.25) is 9.59 Å². The molecule has 2 amide bonds. The minimum Gasteiger partial charge on any atom is -0.325 e. The van der Waals surface area contributed by atoms with Gasteiger partial charge in [0.25, 0.3) is 0 Å². The van der Waals surface area contributed by atoms with Gasteiger partial charge in [0.1, 0.15) is 0 Å². The minimum absolute atomic E-state index is 0.00444. The Bertz CT molecular complexity index is 845. The van der Waals surface area contributed by atoms with E-state index >= 15 is 0 Å². The number of nitrogens with one attached hydrogen (secondary N) is 1. The number of amides is 2. The molecule has 1 aliphatic rings. The van der Waals surface area contributed by atoms with E-state index in [0.717, 1.165) is 22.5 Å². The van der Waals surface area contributed by atoms with Crippen LogP contribution >= 0.6 is 0 Å². The summed E-state index contributed by atoms with van der Waals surface area (Å²) in [4.78, 5) is 27.0. The Kier molecular flexibility index (Phi) is 5.36. The van der Waals surface area contributed by atoms with Gasteiger partial charge in [-0.1, -0.05) is 43.7 Å². The molecule has 27 heavy (non-hydrogen) atoms. The number of nitrogens with zero attached hydrogens (tertiary/aromatic N) is 1. The summed E-state index contributed by atoms with van der Waals surface area (Å²) in [6, 6.07) is 12.2. The second-order valence-electron chi connectivity index (χ2n) is 7.91. The van der Waals surface area contributed by atoms with Gasteiger partial charge in [0.05, 0.1) is 5.92 Å². The number of carbonyl (C=O) groups is 2. The molecule has 1 atom stereocenters. The topological polar surface area (TPSA) is 49.4 Å². The average molecular weight is 364 g/mol. The van der Waals surface area contributed by atoms with Crippen LogP contribution in [0.3, 0.4) is 0 Å². The highest BCUT2D eigenvalue weighted by atomic mass is 16.2. The van der Waals surface area contributed by atoms with E-state index in [1.807, 2.05) is 32.9 Å². The average Bonchev–Trinajstić information content (AvgIpc) is 3.00. The maximum absolute atomic E-state index is 12.8. The summed E-state index contributed by atoms with van der Waals surface area (Å²) < 4.78 is 0. The van der Waals surface area contributed by atoms with Crippen LogP contribution < -0.4 is 10.2 Å². The van der Waals surface area contributed by atoms with E-state index in [1.165, 1.54) is 11.1 Å². The first kappa shape index (κ1) is 19.2. The first-order chi connectivity index (χ1) is 12.8. The third kappa shape index (κ3) is 4.05. The third-order valence-electron chi connectivity index (χ3n) is 5.29. The minimum atomic E-state index is -0.331. The van der Waals surface area contributed by atoms with Gasteiger partial charge in [-0.15, -0.1) is 0 Å². The Morgan fingerprint density at radius 1 is 1.07 bits per heavy atom. The molecule has 3 rings (SSSR count). The molecular weight excluding hydrogens is 336 g/mol. The molecule has 1 N–H and O–H groups in total. The quantitative estimate of drug-likeness (QED) is 0.853. The highest BCUT2D eigenvalue weighted by Gasteiger charge is 2.35. The Labute approximate surface area is 161 Å². The number of benzene rings is 2. The molecule has 0 saturated carbocycles. The smallest absolute Gasteiger partial charge is 0.229 e. The number of carbonyl (C=O) groups excluding carboxylic acids is 2. The van der Waals surface area contributed by atoms with Crippen LogP contribution in [0.15, 0.2) is 36.4 Å². The molecule has 0 radical (unpaired) electrons. The van der Waals surface area contributed by atoms with Crippen molar-refractivity contribution in [1.82, 2.24) is 0 Å². The van der Waals surface area contributed by atoms with Gasteiger partial charge in [-0.05, 0) is 55.5 Å². The van der Waals surface area contributed by atoms with Crippen molar-refractivity contribution in [2.75, 3.05) is 16.8 Å². The number of rotatable bonds is 4. The lowest BCUT2D eigenvalue weighted by Crippen LogP contribution is -2.28. The first-order valence-electron chi connectivity index (χ1n) is 9.55. The molecule has 4 nitrogen and oxygen atoms in total. The van der Waals surface area contributed by atoms with Crippen LogP contribution in [0.4, 0.5) is 11.4 Å². The maximum atomic E-state index is 12.8. The van der Waals surface area contributed by atoms with Gasteiger partial charge in [0, 0.05) is 24.3 Å². The molecule has 1 aliphatic heterocycles. The van der Waals surface area contributed by atoms with Crippen molar-refractivity contribution < 1.29 is 9.59 Å². The Hall–Kier alpha value is -2.62. The molecule has 2 aromatic carbocycles. The number of anilines is 2. The summed E-state index contributed by atoms with van der Waals surface area (Å²) in [5.41, 5.74) is 6.23. The lowest BCUT2D eigenvalue weighted by Gasteiger charge is -2.18. The molecular formula is C23H28N2O2. The van der Waals surface area contributed by atoms with E-state index in [0.29, 0.717) is 12.5 Å². The van der Waals surface area contributed by atoms with Crippen LogP contribution in [0.1, 0.15) is 48.4 Å². The molecule has 0 bridgehead atoms. The molecule has 0 unspecified atom stereocenters. The summed E-state index contributed by atoms with van der Waals surface area (Å²) in [6.07, 6.45) is 0.252. The van der Waals surface area contributed by atoms with Gasteiger partial charge in [0.15, 0.2) is 0 Å². The molecule has 1 saturated heterocycles. The normalized spacial score (nSPS) is 16.9. The molecule has 0 aromatic heterocycles. The molecule has 1 heterocycles. The van der Waals surface area contributed by atoms with Gasteiger partial charge in [-0.25, -0.2) is 0 Å². The van der Waals surface area contributed by atoms with Crippen molar-refractivity contribution in [3.05, 3.63) is 58.7 Å². The number of aryl methyl sites for hydroxylation is 3. The monoisotopic (exact) mass is 364 g/mol. The van der Waals surface area contributed by atoms with E-state index < -0.39 is 0 Å². The fourth-order valence-corrected chi connectivity index (χ4v) is 3.77. The SMILES string of the molecule is Cc1cc(C)c(NC(=O)[C@H]2CC(=O)N(c3ccc(C(C)C)cc3)C2)c(C)c1. The second kappa shape index (κ2) is 7.55. The van der Waals surface area contributed by atoms with Crippen molar-refractivity contribution in [2.45, 2.75) is 47.0 Å². The van der Waals surface area contributed by atoms with E-state index in [-0.39, 0.29) is 24.2 Å².